The molecular formula is C9H15N5O3. The summed E-state index contributed by atoms with van der Waals surface area (Å²) in [6.45, 7) is 1.99. The molecule has 94 valence electrons. The van der Waals surface area contributed by atoms with Crippen LogP contribution in [0.4, 0.5) is 0 Å². The Hall–Kier alpha value is -1.96. The topological polar surface area (TPSA) is 109 Å². The molecule has 0 fully saturated rings. The number of amides is 2. The maximum absolute atomic E-state index is 11.4. The van der Waals surface area contributed by atoms with Crippen molar-refractivity contribution >= 4 is 11.8 Å². The molecule has 0 unspecified atom stereocenters. The molecule has 0 bridgehead atoms. The first kappa shape index (κ1) is 13.1. The Morgan fingerprint density at radius 3 is 2.71 bits per heavy atom. The number of carbonyl (C=O) groups excluding carboxylic acids is 2. The third-order valence-corrected chi connectivity index (χ3v) is 1.87. The third-order valence-electron chi connectivity index (χ3n) is 1.87. The van der Waals surface area contributed by atoms with Crippen LogP contribution < -0.4 is 10.6 Å². The molecule has 0 aromatic carbocycles. The molecule has 8 heteroatoms. The van der Waals surface area contributed by atoms with Gasteiger partial charge in [-0.1, -0.05) is 5.21 Å². The van der Waals surface area contributed by atoms with Crippen LogP contribution in [0.5, 0.6) is 0 Å². The van der Waals surface area contributed by atoms with Crippen molar-refractivity contribution in [3.8, 4) is 0 Å². The molecule has 8 nitrogen and oxygen atoms in total. The average Bonchev–Trinajstić information content (AvgIpc) is 2.72. The van der Waals surface area contributed by atoms with Gasteiger partial charge in [0.15, 0.2) is 0 Å². The first-order valence-electron chi connectivity index (χ1n) is 5.13. The second kappa shape index (κ2) is 6.59. The van der Waals surface area contributed by atoms with E-state index in [2.05, 4.69) is 20.9 Å². The quantitative estimate of drug-likeness (QED) is 0.500. The highest BCUT2D eigenvalue weighted by atomic mass is 16.3. The summed E-state index contributed by atoms with van der Waals surface area (Å²) in [4.78, 5) is 21.9. The Bertz CT molecular complexity index is 390. The van der Waals surface area contributed by atoms with Crippen LogP contribution >= 0.6 is 0 Å². The van der Waals surface area contributed by atoms with E-state index in [1.165, 1.54) is 17.8 Å². The summed E-state index contributed by atoms with van der Waals surface area (Å²) >= 11 is 0. The SMILES string of the molecule is CC(=O)NCCNC(=O)Cn1cc(CO)nn1. The van der Waals surface area contributed by atoms with E-state index in [1.54, 1.807) is 0 Å². The number of aromatic nitrogens is 3. The van der Waals surface area contributed by atoms with Crippen LogP contribution in [-0.4, -0.2) is 45.0 Å². The smallest absolute Gasteiger partial charge is 0.241 e. The summed E-state index contributed by atoms with van der Waals surface area (Å²) in [5.41, 5.74) is 0.413. The molecule has 1 rings (SSSR count). The molecule has 0 spiro atoms. The van der Waals surface area contributed by atoms with E-state index < -0.39 is 0 Å². The minimum absolute atomic E-state index is 0.0348. The fraction of sp³-hybridized carbons (Fsp3) is 0.556. The molecule has 2 amide bonds. The fourth-order valence-electron chi connectivity index (χ4n) is 1.13. The summed E-state index contributed by atoms with van der Waals surface area (Å²) in [7, 11) is 0. The van der Waals surface area contributed by atoms with Gasteiger partial charge in [0.25, 0.3) is 0 Å². The van der Waals surface area contributed by atoms with Crippen molar-refractivity contribution in [3.05, 3.63) is 11.9 Å². The predicted molar refractivity (Wildman–Crippen MR) is 57.6 cm³/mol. The lowest BCUT2D eigenvalue weighted by Crippen LogP contribution is -2.35. The van der Waals surface area contributed by atoms with Gasteiger partial charge >= 0.3 is 0 Å². The minimum atomic E-state index is -0.232. The number of nitrogens with zero attached hydrogens (tertiary/aromatic N) is 3. The molecular weight excluding hydrogens is 226 g/mol. The molecule has 1 aromatic heterocycles. The van der Waals surface area contributed by atoms with Gasteiger partial charge in [-0.3, -0.25) is 9.59 Å². The number of nitrogens with one attached hydrogen (secondary N) is 2. The predicted octanol–water partition coefficient (Wildman–Crippen LogP) is -1.98. The third kappa shape index (κ3) is 5.07. The lowest BCUT2D eigenvalue weighted by Gasteiger charge is -2.05. The van der Waals surface area contributed by atoms with E-state index >= 15 is 0 Å². The van der Waals surface area contributed by atoms with Gasteiger partial charge in [0, 0.05) is 20.0 Å². The van der Waals surface area contributed by atoms with E-state index in [9.17, 15) is 9.59 Å². The second-order valence-electron chi connectivity index (χ2n) is 3.40. The zero-order chi connectivity index (χ0) is 12.7. The van der Waals surface area contributed by atoms with Crippen molar-refractivity contribution in [2.45, 2.75) is 20.1 Å². The molecule has 0 radical (unpaired) electrons. The maximum Gasteiger partial charge on any atom is 0.241 e. The van der Waals surface area contributed by atoms with Gasteiger partial charge in [-0.2, -0.15) is 0 Å². The first-order chi connectivity index (χ1) is 8.11. The van der Waals surface area contributed by atoms with Gasteiger partial charge in [-0.05, 0) is 0 Å². The van der Waals surface area contributed by atoms with Crippen LogP contribution in [0, 0.1) is 0 Å². The molecule has 17 heavy (non-hydrogen) atoms. The standard InChI is InChI=1S/C9H15N5O3/c1-7(16)10-2-3-11-9(17)5-14-4-8(6-15)12-13-14/h4,15H,2-3,5-6H2,1H3,(H,10,16)(H,11,17). The van der Waals surface area contributed by atoms with Crippen molar-refractivity contribution in [3.63, 3.8) is 0 Å². The highest BCUT2D eigenvalue weighted by Crippen LogP contribution is 1.91. The van der Waals surface area contributed by atoms with Crippen LogP contribution in [0.2, 0.25) is 0 Å². The van der Waals surface area contributed by atoms with Gasteiger partial charge in [-0.25, -0.2) is 4.68 Å². The van der Waals surface area contributed by atoms with Gasteiger partial charge in [0.1, 0.15) is 12.2 Å². The fourth-order valence-corrected chi connectivity index (χ4v) is 1.13. The van der Waals surface area contributed by atoms with Crippen molar-refractivity contribution in [2.24, 2.45) is 0 Å². The first-order valence-corrected chi connectivity index (χ1v) is 5.13. The summed E-state index contributed by atoms with van der Waals surface area (Å²) in [5.74, 6) is -0.368. The lowest BCUT2D eigenvalue weighted by atomic mass is 10.5. The summed E-state index contributed by atoms with van der Waals surface area (Å²) in [6.07, 6.45) is 1.49. The Morgan fingerprint density at radius 2 is 2.12 bits per heavy atom. The molecule has 1 aromatic rings. The van der Waals surface area contributed by atoms with E-state index in [4.69, 9.17) is 5.11 Å². The van der Waals surface area contributed by atoms with Gasteiger partial charge < -0.3 is 15.7 Å². The molecule has 3 N–H and O–H groups in total. The van der Waals surface area contributed by atoms with Gasteiger partial charge in [0.2, 0.25) is 11.8 Å². The molecule has 0 saturated heterocycles. The Balaban J connectivity index is 2.22. The van der Waals surface area contributed by atoms with Gasteiger partial charge in [0.05, 0.1) is 12.8 Å². The highest BCUT2D eigenvalue weighted by molar-refractivity contribution is 5.76. The minimum Gasteiger partial charge on any atom is -0.390 e. The van der Waals surface area contributed by atoms with Crippen LogP contribution in [0.15, 0.2) is 6.20 Å². The van der Waals surface area contributed by atoms with Crippen LogP contribution in [-0.2, 0) is 22.7 Å². The van der Waals surface area contributed by atoms with E-state index in [0.717, 1.165) is 0 Å². The molecule has 0 aliphatic heterocycles. The number of hydrogen-bond acceptors (Lipinski definition) is 5. The number of aliphatic hydroxyl groups excluding tert-OH is 1. The van der Waals surface area contributed by atoms with Gasteiger partial charge in [-0.15, -0.1) is 5.10 Å². The van der Waals surface area contributed by atoms with Crippen LogP contribution in [0.3, 0.4) is 0 Å². The van der Waals surface area contributed by atoms with E-state index in [-0.39, 0.29) is 25.0 Å². The number of hydrogen-bond donors (Lipinski definition) is 3. The monoisotopic (exact) mass is 241 g/mol. The Kier molecular flexibility index (Phi) is 5.08. The van der Waals surface area contributed by atoms with Crippen LogP contribution in [0.25, 0.3) is 0 Å². The van der Waals surface area contributed by atoms with Crippen molar-refractivity contribution in [2.75, 3.05) is 13.1 Å². The number of aliphatic hydroxyl groups is 1. The lowest BCUT2D eigenvalue weighted by molar-refractivity contribution is -0.122. The molecule has 0 aliphatic carbocycles. The molecule has 0 saturated carbocycles. The Morgan fingerprint density at radius 1 is 1.41 bits per heavy atom. The summed E-state index contributed by atoms with van der Waals surface area (Å²) < 4.78 is 1.33. The molecule has 0 atom stereocenters. The Labute approximate surface area is 98.0 Å². The second-order valence-corrected chi connectivity index (χ2v) is 3.40. The number of carbonyl (C=O) groups is 2. The largest absolute Gasteiger partial charge is 0.390 e. The summed E-state index contributed by atoms with van der Waals surface area (Å²) in [6, 6.07) is 0. The normalized spacial score (nSPS) is 10.0. The van der Waals surface area contributed by atoms with Crippen LogP contribution in [0.1, 0.15) is 12.6 Å². The summed E-state index contributed by atoms with van der Waals surface area (Å²) in [5, 5.41) is 21.2. The maximum atomic E-state index is 11.4. The zero-order valence-corrected chi connectivity index (χ0v) is 9.51. The van der Waals surface area contributed by atoms with E-state index in [1.807, 2.05) is 0 Å². The molecule has 1 heterocycles. The highest BCUT2D eigenvalue weighted by Gasteiger charge is 2.04. The zero-order valence-electron chi connectivity index (χ0n) is 9.51. The van der Waals surface area contributed by atoms with E-state index in [0.29, 0.717) is 18.8 Å². The number of rotatable bonds is 6. The van der Waals surface area contributed by atoms with Crippen molar-refractivity contribution in [1.82, 2.24) is 25.6 Å². The van der Waals surface area contributed by atoms with Crippen molar-refractivity contribution < 1.29 is 14.7 Å². The van der Waals surface area contributed by atoms with Crippen molar-refractivity contribution in [1.29, 1.82) is 0 Å². The average molecular weight is 241 g/mol. The molecule has 0 aliphatic rings.